The zero-order valence-electron chi connectivity index (χ0n) is 32.3. The van der Waals surface area contributed by atoms with Gasteiger partial charge in [-0.1, -0.05) is 0 Å². The van der Waals surface area contributed by atoms with Crippen LogP contribution in [0.5, 0.6) is 0 Å². The molecule has 0 aromatic carbocycles. The number of hydrogen-bond donors (Lipinski definition) is 9. The van der Waals surface area contributed by atoms with E-state index in [1.165, 1.54) is 0 Å². The van der Waals surface area contributed by atoms with Gasteiger partial charge in [-0.05, 0) is 41.0 Å². The van der Waals surface area contributed by atoms with Crippen molar-refractivity contribution in [2.75, 3.05) is 79.2 Å². The van der Waals surface area contributed by atoms with Crippen LogP contribution in [0.2, 0.25) is 0 Å². The first-order chi connectivity index (χ1) is 26.0. The van der Waals surface area contributed by atoms with Gasteiger partial charge in [0.25, 0.3) is 0 Å². The highest BCUT2D eigenvalue weighted by atomic mass is 16.7. The molecule has 2 fully saturated rings. The molecule has 0 aliphatic carbocycles. The predicted molar refractivity (Wildman–Crippen MR) is 188 cm³/mol. The summed E-state index contributed by atoms with van der Waals surface area (Å²) in [5, 5.41) is 66.9. The second-order valence-electron chi connectivity index (χ2n) is 13.9. The summed E-state index contributed by atoms with van der Waals surface area (Å²) in [5.41, 5.74) is -0.805. The first-order valence-electron chi connectivity index (χ1n) is 18.5. The highest BCUT2D eigenvalue weighted by Gasteiger charge is 2.43. The van der Waals surface area contributed by atoms with Gasteiger partial charge in [0, 0.05) is 19.5 Å². The van der Waals surface area contributed by atoms with E-state index in [0.29, 0.717) is 0 Å². The van der Waals surface area contributed by atoms with Crippen molar-refractivity contribution < 1.29 is 87.7 Å². The monoisotopic (exact) mass is 801 g/mol. The molecule has 0 radical (unpaired) electrons. The molecule has 0 aromatic heterocycles. The lowest BCUT2D eigenvalue weighted by molar-refractivity contribution is -0.294. The normalized spacial score (nSPS) is 29.0. The maximum Gasteiger partial charge on any atom is 0.408 e. The average Bonchev–Trinajstić information content (AvgIpc) is 3.12. The minimum absolute atomic E-state index is 0.00674. The Morgan fingerprint density at radius 2 is 1.02 bits per heavy atom. The number of aliphatic hydroxyl groups is 6. The number of ether oxygens (including phenoxy) is 9. The standard InChI is InChI=1S/C34H63N3O18/c1-20-24(39)26(41)28(43)31(53-20)51-18-16-49-14-12-47-10-8-35-23(38)7-6-22(37-33(46)55-34(3,4)5)30(45)36-9-11-48-13-15-50-17-19-52-32-29(44)27(42)25(40)21(2)54-32/h20-22,24-29,31-32,39-44H,6-19H2,1-5H3,(H,35,38)(H,36,45)(H,37,46)/t20-,21-,22-,24+,25+,26+,27+,28-,29-,31+,32+/m0/s1. The summed E-state index contributed by atoms with van der Waals surface area (Å²) in [6.07, 6.45) is -12.5. The summed E-state index contributed by atoms with van der Waals surface area (Å²) in [5.74, 6) is -0.890. The van der Waals surface area contributed by atoms with Crippen molar-refractivity contribution in [3.8, 4) is 0 Å². The lowest BCUT2D eigenvalue weighted by Gasteiger charge is -2.38. The van der Waals surface area contributed by atoms with E-state index in [-0.39, 0.29) is 97.9 Å². The first-order valence-corrected chi connectivity index (χ1v) is 18.5. The summed E-state index contributed by atoms with van der Waals surface area (Å²) in [6, 6.07) is -1.06. The quantitative estimate of drug-likeness (QED) is 0.0408. The van der Waals surface area contributed by atoms with E-state index in [0.717, 1.165) is 0 Å². The molecule has 0 aromatic rings. The molecule has 322 valence electrons. The smallest absolute Gasteiger partial charge is 0.408 e. The van der Waals surface area contributed by atoms with Gasteiger partial charge in [0.15, 0.2) is 12.6 Å². The van der Waals surface area contributed by atoms with E-state index in [1.807, 2.05) is 0 Å². The number of nitrogens with one attached hydrogen (secondary N) is 3. The van der Waals surface area contributed by atoms with Crippen LogP contribution >= 0.6 is 0 Å². The van der Waals surface area contributed by atoms with Crippen molar-refractivity contribution in [2.45, 2.75) is 121 Å². The maximum atomic E-state index is 12.9. The molecule has 2 aliphatic rings. The van der Waals surface area contributed by atoms with Crippen molar-refractivity contribution in [1.82, 2.24) is 16.0 Å². The number of hydrogen-bond acceptors (Lipinski definition) is 18. The third kappa shape index (κ3) is 19.1. The second-order valence-corrected chi connectivity index (χ2v) is 13.9. The van der Waals surface area contributed by atoms with Gasteiger partial charge >= 0.3 is 6.09 Å². The van der Waals surface area contributed by atoms with Gasteiger partial charge in [-0.15, -0.1) is 0 Å². The second kappa shape index (κ2) is 25.8. The van der Waals surface area contributed by atoms with Crippen LogP contribution in [0.3, 0.4) is 0 Å². The van der Waals surface area contributed by atoms with E-state index in [4.69, 9.17) is 42.6 Å². The zero-order chi connectivity index (χ0) is 41.0. The highest BCUT2D eigenvalue weighted by Crippen LogP contribution is 2.22. The van der Waals surface area contributed by atoms with Crippen LogP contribution in [0.15, 0.2) is 0 Å². The molecule has 9 N–H and O–H groups in total. The molecule has 21 nitrogen and oxygen atoms in total. The molecule has 11 atom stereocenters. The fraction of sp³-hybridized carbons (Fsp3) is 0.912. The molecule has 55 heavy (non-hydrogen) atoms. The molecular formula is C34H63N3O18. The molecule has 3 amide bonds. The molecule has 2 aliphatic heterocycles. The minimum Gasteiger partial charge on any atom is -0.444 e. The van der Waals surface area contributed by atoms with Crippen LogP contribution in [0.1, 0.15) is 47.5 Å². The zero-order valence-corrected chi connectivity index (χ0v) is 32.3. The van der Waals surface area contributed by atoms with Crippen LogP contribution in [0, 0.1) is 0 Å². The van der Waals surface area contributed by atoms with Crippen LogP contribution in [-0.2, 0) is 52.2 Å². The third-order valence-electron chi connectivity index (χ3n) is 8.16. The van der Waals surface area contributed by atoms with Crippen molar-refractivity contribution in [3.05, 3.63) is 0 Å². The number of rotatable bonds is 25. The fourth-order valence-electron chi connectivity index (χ4n) is 5.11. The summed E-state index contributed by atoms with van der Waals surface area (Å²) in [6.45, 7) is 10.1. The van der Waals surface area contributed by atoms with Crippen LogP contribution in [-0.4, -0.2) is 201 Å². The maximum absolute atomic E-state index is 12.9. The number of alkyl carbamates (subject to hydrolysis) is 1. The predicted octanol–water partition coefficient (Wildman–Crippen LogP) is -3.35. The SMILES string of the molecule is C[C@@H]1O[C@@H](OCCOCCOCCNC(=O)CC[C@H](NC(=O)OC(C)(C)C)C(=O)NCCOCCOCCO[C@@H]2O[C@@H](C)[C@@H](O)[C@@H](O)[C@@H]2O)[C@@H](O)[C@H](O)[C@@H]1O. The molecule has 0 saturated carbocycles. The summed E-state index contributed by atoms with van der Waals surface area (Å²) in [7, 11) is 0. The van der Waals surface area contributed by atoms with E-state index in [1.54, 1.807) is 34.6 Å². The van der Waals surface area contributed by atoms with Crippen molar-refractivity contribution >= 4 is 17.9 Å². The van der Waals surface area contributed by atoms with Crippen LogP contribution < -0.4 is 16.0 Å². The molecule has 2 heterocycles. The molecule has 0 unspecified atom stereocenters. The Balaban J connectivity index is 1.56. The Kier molecular flexibility index (Phi) is 22.9. The van der Waals surface area contributed by atoms with Gasteiger partial charge in [0.2, 0.25) is 11.8 Å². The molecule has 2 rings (SSSR count). The third-order valence-corrected chi connectivity index (χ3v) is 8.16. The molecule has 0 spiro atoms. The lowest BCUT2D eigenvalue weighted by atomic mass is 10.0. The van der Waals surface area contributed by atoms with E-state index in [2.05, 4.69) is 16.0 Å². The molecule has 2 saturated heterocycles. The summed E-state index contributed by atoms with van der Waals surface area (Å²) >= 11 is 0. The Labute approximate surface area is 321 Å². The van der Waals surface area contributed by atoms with E-state index in [9.17, 15) is 45.0 Å². The molecule has 0 bridgehead atoms. The van der Waals surface area contributed by atoms with E-state index < -0.39 is 85.1 Å². The minimum atomic E-state index is -1.40. The van der Waals surface area contributed by atoms with Gasteiger partial charge in [-0.25, -0.2) is 4.79 Å². The van der Waals surface area contributed by atoms with Gasteiger partial charge in [-0.2, -0.15) is 0 Å². The van der Waals surface area contributed by atoms with Crippen molar-refractivity contribution in [2.24, 2.45) is 0 Å². The summed E-state index contributed by atoms with van der Waals surface area (Å²) < 4.78 is 48.4. The average molecular weight is 802 g/mol. The Morgan fingerprint density at radius 1 is 0.600 bits per heavy atom. The van der Waals surface area contributed by atoms with Crippen LogP contribution in [0.4, 0.5) is 4.79 Å². The largest absolute Gasteiger partial charge is 0.444 e. The number of aliphatic hydroxyl groups excluding tert-OH is 6. The fourth-order valence-corrected chi connectivity index (χ4v) is 5.11. The topological polar surface area (TPSA) is 292 Å². The van der Waals surface area contributed by atoms with E-state index >= 15 is 0 Å². The molecular weight excluding hydrogens is 738 g/mol. The molecule has 21 heteroatoms. The van der Waals surface area contributed by atoms with Gasteiger partial charge < -0.3 is 89.2 Å². The Morgan fingerprint density at radius 3 is 1.47 bits per heavy atom. The number of amides is 3. The van der Waals surface area contributed by atoms with Gasteiger partial charge in [0.1, 0.15) is 48.3 Å². The highest BCUT2D eigenvalue weighted by molar-refractivity contribution is 5.86. The van der Waals surface area contributed by atoms with Gasteiger partial charge in [-0.3, -0.25) is 9.59 Å². The number of carbonyl (C=O) groups is 3. The first kappa shape index (κ1) is 48.8. The summed E-state index contributed by atoms with van der Waals surface area (Å²) in [4.78, 5) is 37.7. The number of carbonyl (C=O) groups excluding carboxylic acids is 3. The van der Waals surface area contributed by atoms with Crippen molar-refractivity contribution in [1.29, 1.82) is 0 Å². The Bertz CT molecular complexity index is 1100. The lowest BCUT2D eigenvalue weighted by Crippen LogP contribution is -2.57. The van der Waals surface area contributed by atoms with Gasteiger partial charge in [0.05, 0.1) is 78.3 Å². The van der Waals surface area contributed by atoms with Crippen LogP contribution in [0.25, 0.3) is 0 Å². The van der Waals surface area contributed by atoms with Crippen molar-refractivity contribution in [3.63, 3.8) is 0 Å². The Hall–Kier alpha value is -2.35.